The van der Waals surface area contributed by atoms with Crippen LogP contribution in [-0.4, -0.2) is 19.8 Å². The van der Waals surface area contributed by atoms with Crippen LogP contribution in [-0.2, 0) is 4.74 Å². The Hall–Kier alpha value is -1.12. The van der Waals surface area contributed by atoms with Gasteiger partial charge in [-0.1, -0.05) is 0 Å². The average molecular weight is 301 g/mol. The Morgan fingerprint density at radius 2 is 2.29 bits per heavy atom. The quantitative estimate of drug-likeness (QED) is 0.907. The van der Waals surface area contributed by atoms with Crippen LogP contribution in [0, 0.1) is 17.1 Å². The number of nitriles is 1. The first kappa shape index (κ1) is 13.9. The fourth-order valence-electron chi connectivity index (χ4n) is 1.38. The van der Waals surface area contributed by atoms with Gasteiger partial charge in [0.2, 0.25) is 0 Å². The van der Waals surface area contributed by atoms with E-state index in [0.29, 0.717) is 12.3 Å². The van der Waals surface area contributed by atoms with E-state index in [0.717, 1.165) is 6.42 Å². The molecular weight excluding hydrogens is 287 g/mol. The zero-order valence-corrected chi connectivity index (χ0v) is 11.3. The third-order valence-electron chi connectivity index (χ3n) is 2.36. The molecule has 1 aromatic rings. The van der Waals surface area contributed by atoms with E-state index < -0.39 is 5.82 Å². The van der Waals surface area contributed by atoms with Crippen LogP contribution in [0.2, 0.25) is 0 Å². The topological polar surface area (TPSA) is 45.0 Å². The second-order valence-electron chi connectivity index (χ2n) is 3.73. The summed E-state index contributed by atoms with van der Waals surface area (Å²) < 4.78 is 19.0. The van der Waals surface area contributed by atoms with E-state index in [2.05, 4.69) is 21.2 Å². The van der Waals surface area contributed by atoms with Gasteiger partial charge in [-0.3, -0.25) is 0 Å². The zero-order chi connectivity index (χ0) is 12.8. The normalized spacial score (nSPS) is 11.9. The highest BCUT2D eigenvalue weighted by molar-refractivity contribution is 9.10. The summed E-state index contributed by atoms with van der Waals surface area (Å²) in [4.78, 5) is 0. The smallest absolute Gasteiger partial charge is 0.161 e. The maximum absolute atomic E-state index is 13.8. The Balaban J connectivity index is 2.79. The molecular formula is C12H14BrFN2O. The fourth-order valence-corrected chi connectivity index (χ4v) is 1.81. The largest absolute Gasteiger partial charge is 0.385 e. The van der Waals surface area contributed by atoms with Crippen LogP contribution in [0.3, 0.4) is 0 Å². The van der Waals surface area contributed by atoms with Crippen molar-refractivity contribution in [2.75, 3.05) is 19.0 Å². The Labute approximate surface area is 109 Å². The maximum atomic E-state index is 13.8. The van der Waals surface area contributed by atoms with Crippen molar-refractivity contribution in [1.29, 1.82) is 5.26 Å². The highest BCUT2D eigenvalue weighted by Crippen LogP contribution is 2.27. The molecule has 1 atom stereocenters. The predicted molar refractivity (Wildman–Crippen MR) is 68.4 cm³/mol. The van der Waals surface area contributed by atoms with E-state index in [1.54, 1.807) is 19.2 Å². The molecule has 0 aromatic heterocycles. The summed E-state index contributed by atoms with van der Waals surface area (Å²) in [5, 5.41) is 11.8. The summed E-state index contributed by atoms with van der Waals surface area (Å²) >= 11 is 3.07. The first-order valence-electron chi connectivity index (χ1n) is 5.23. The number of hydrogen-bond donors (Lipinski definition) is 1. The van der Waals surface area contributed by atoms with Crippen LogP contribution in [0.5, 0.6) is 0 Å². The molecule has 0 spiro atoms. The molecule has 0 fully saturated rings. The lowest BCUT2D eigenvalue weighted by molar-refractivity contribution is 0.191. The van der Waals surface area contributed by atoms with Crippen molar-refractivity contribution >= 4 is 21.6 Å². The summed E-state index contributed by atoms with van der Waals surface area (Å²) in [6.45, 7) is 2.57. The molecule has 0 aliphatic carbocycles. The van der Waals surface area contributed by atoms with E-state index in [9.17, 15) is 4.39 Å². The van der Waals surface area contributed by atoms with E-state index in [4.69, 9.17) is 10.00 Å². The zero-order valence-electron chi connectivity index (χ0n) is 9.76. The second kappa shape index (κ2) is 6.58. The molecule has 1 unspecified atom stereocenters. The third kappa shape index (κ3) is 3.69. The number of hydrogen-bond acceptors (Lipinski definition) is 3. The van der Waals surface area contributed by atoms with Crippen LogP contribution in [0.15, 0.2) is 16.6 Å². The van der Waals surface area contributed by atoms with Crippen molar-refractivity contribution in [1.82, 2.24) is 0 Å². The van der Waals surface area contributed by atoms with Crippen LogP contribution in [0.1, 0.15) is 18.9 Å². The summed E-state index contributed by atoms with van der Waals surface area (Å²) in [5.41, 5.74) is 0.678. The SMILES string of the molecule is COCCC(C)Nc1ccc(C#N)c(Br)c1F. The van der Waals surface area contributed by atoms with Crippen LogP contribution >= 0.6 is 15.9 Å². The standard InChI is InChI=1S/C12H14BrFN2O/c1-8(5-6-17-2)16-10-4-3-9(7-15)11(13)12(10)14/h3-4,8,16H,5-6H2,1-2H3. The van der Waals surface area contributed by atoms with Crippen molar-refractivity contribution < 1.29 is 9.13 Å². The van der Waals surface area contributed by atoms with E-state index >= 15 is 0 Å². The first-order chi connectivity index (χ1) is 8.10. The van der Waals surface area contributed by atoms with Crippen molar-refractivity contribution in [2.45, 2.75) is 19.4 Å². The van der Waals surface area contributed by atoms with Crippen molar-refractivity contribution in [3.8, 4) is 6.07 Å². The molecule has 0 aliphatic heterocycles. The Morgan fingerprint density at radius 3 is 2.88 bits per heavy atom. The van der Waals surface area contributed by atoms with Crippen LogP contribution in [0.25, 0.3) is 0 Å². The van der Waals surface area contributed by atoms with E-state index in [-0.39, 0.29) is 16.1 Å². The second-order valence-corrected chi connectivity index (χ2v) is 4.52. The number of nitrogens with zero attached hydrogens (tertiary/aromatic N) is 1. The van der Waals surface area contributed by atoms with Gasteiger partial charge in [-0.05, 0) is 41.4 Å². The number of rotatable bonds is 5. The first-order valence-corrected chi connectivity index (χ1v) is 6.03. The Kier molecular flexibility index (Phi) is 5.39. The number of anilines is 1. The molecule has 0 saturated heterocycles. The lowest BCUT2D eigenvalue weighted by Crippen LogP contribution is -2.18. The molecule has 0 radical (unpaired) electrons. The fraction of sp³-hybridized carbons (Fsp3) is 0.417. The minimum absolute atomic E-state index is 0.101. The highest BCUT2D eigenvalue weighted by Gasteiger charge is 2.12. The summed E-state index contributed by atoms with van der Waals surface area (Å²) in [7, 11) is 1.63. The lowest BCUT2D eigenvalue weighted by atomic mass is 10.2. The van der Waals surface area contributed by atoms with E-state index in [1.165, 1.54) is 0 Å². The third-order valence-corrected chi connectivity index (χ3v) is 3.13. The average Bonchev–Trinajstić information content (AvgIpc) is 2.33. The molecule has 92 valence electrons. The van der Waals surface area contributed by atoms with Gasteiger partial charge in [0.05, 0.1) is 15.7 Å². The molecule has 0 saturated carbocycles. The van der Waals surface area contributed by atoms with Gasteiger partial charge in [-0.25, -0.2) is 4.39 Å². The van der Waals surface area contributed by atoms with Crippen molar-refractivity contribution in [3.05, 3.63) is 28.0 Å². The number of methoxy groups -OCH3 is 1. The maximum Gasteiger partial charge on any atom is 0.161 e. The van der Waals surface area contributed by atoms with Gasteiger partial charge in [0.1, 0.15) is 6.07 Å². The molecule has 0 amide bonds. The van der Waals surface area contributed by atoms with Gasteiger partial charge in [-0.15, -0.1) is 0 Å². The lowest BCUT2D eigenvalue weighted by Gasteiger charge is -2.16. The van der Waals surface area contributed by atoms with Gasteiger partial charge in [0.15, 0.2) is 5.82 Å². The molecule has 5 heteroatoms. The summed E-state index contributed by atoms with van der Waals surface area (Å²) in [6.07, 6.45) is 0.785. The minimum atomic E-state index is -0.437. The highest BCUT2D eigenvalue weighted by atomic mass is 79.9. The van der Waals surface area contributed by atoms with Crippen molar-refractivity contribution in [2.24, 2.45) is 0 Å². The van der Waals surface area contributed by atoms with E-state index in [1.807, 2.05) is 13.0 Å². The number of nitrogens with one attached hydrogen (secondary N) is 1. The molecule has 1 aromatic carbocycles. The molecule has 0 heterocycles. The van der Waals surface area contributed by atoms with Crippen LogP contribution in [0.4, 0.5) is 10.1 Å². The Morgan fingerprint density at radius 1 is 1.59 bits per heavy atom. The molecule has 0 bridgehead atoms. The molecule has 1 rings (SSSR count). The summed E-state index contributed by atoms with van der Waals surface area (Å²) in [5.74, 6) is -0.437. The van der Waals surface area contributed by atoms with Gasteiger partial charge < -0.3 is 10.1 Å². The van der Waals surface area contributed by atoms with Crippen LogP contribution < -0.4 is 5.32 Å². The van der Waals surface area contributed by atoms with Crippen molar-refractivity contribution in [3.63, 3.8) is 0 Å². The number of benzene rings is 1. The summed E-state index contributed by atoms with van der Waals surface area (Å²) in [6, 6.07) is 5.17. The predicted octanol–water partition coefficient (Wildman–Crippen LogP) is 3.30. The monoisotopic (exact) mass is 300 g/mol. The number of halogens is 2. The molecule has 1 N–H and O–H groups in total. The molecule has 0 aliphatic rings. The van der Waals surface area contributed by atoms with Gasteiger partial charge in [0.25, 0.3) is 0 Å². The molecule has 17 heavy (non-hydrogen) atoms. The minimum Gasteiger partial charge on any atom is -0.385 e. The number of ether oxygens (including phenoxy) is 1. The van der Waals surface area contributed by atoms with Gasteiger partial charge >= 0.3 is 0 Å². The van der Waals surface area contributed by atoms with Gasteiger partial charge in [0, 0.05) is 19.8 Å². The molecule has 3 nitrogen and oxygen atoms in total. The Bertz CT molecular complexity index is 431. The van der Waals surface area contributed by atoms with Gasteiger partial charge in [-0.2, -0.15) is 5.26 Å².